The molecule has 2 aromatic carbocycles. The molecule has 0 aliphatic rings. The molecule has 0 fully saturated rings. The van der Waals surface area contributed by atoms with Crippen LogP contribution in [0.15, 0.2) is 43.8 Å². The molecule has 6 heteroatoms. The molecular formula is C12H8N2S4-4. The van der Waals surface area contributed by atoms with Crippen molar-refractivity contribution in [1.82, 2.24) is 0 Å². The zero-order valence-corrected chi connectivity index (χ0v) is 12.4. The van der Waals surface area contributed by atoms with Crippen molar-refractivity contribution >= 4 is 61.9 Å². The summed E-state index contributed by atoms with van der Waals surface area (Å²) in [4.78, 5) is 2.23. The van der Waals surface area contributed by atoms with Crippen molar-refractivity contribution in [2.45, 2.75) is 19.6 Å². The maximum absolute atomic E-state index is 5.70. The molecule has 0 aliphatic carbocycles. The summed E-state index contributed by atoms with van der Waals surface area (Å²) in [6.45, 7) is 0. The summed E-state index contributed by atoms with van der Waals surface area (Å²) in [5.41, 5.74) is 13.9. The number of nitrogens with two attached hydrogens (primary N) is 2. The van der Waals surface area contributed by atoms with E-state index in [9.17, 15) is 0 Å². The molecule has 0 bridgehead atoms. The Bertz CT molecular complexity index is 524. The smallest absolute Gasteiger partial charge is 0.0284 e. The number of anilines is 2. The molecule has 0 unspecified atom stereocenters. The van der Waals surface area contributed by atoms with Gasteiger partial charge in [-0.1, -0.05) is 35.4 Å². The van der Waals surface area contributed by atoms with Gasteiger partial charge in [0.2, 0.25) is 0 Å². The highest BCUT2D eigenvalue weighted by atomic mass is 32.1. The van der Waals surface area contributed by atoms with Crippen LogP contribution in [0.25, 0.3) is 11.1 Å². The van der Waals surface area contributed by atoms with Gasteiger partial charge in [0, 0.05) is 11.4 Å². The largest absolute Gasteiger partial charge is 0.779 e. The van der Waals surface area contributed by atoms with Crippen molar-refractivity contribution in [1.29, 1.82) is 0 Å². The fourth-order valence-electron chi connectivity index (χ4n) is 1.71. The van der Waals surface area contributed by atoms with Crippen LogP contribution in [0, 0.1) is 0 Å². The van der Waals surface area contributed by atoms with Crippen LogP contribution in [0.3, 0.4) is 0 Å². The van der Waals surface area contributed by atoms with Crippen LogP contribution in [-0.2, 0) is 50.5 Å². The summed E-state index contributed by atoms with van der Waals surface area (Å²) >= 11 is 21.2. The lowest BCUT2D eigenvalue weighted by Gasteiger charge is -2.31. The number of hydrogen-bond acceptors (Lipinski definition) is 6. The van der Waals surface area contributed by atoms with Crippen LogP contribution < -0.4 is 11.5 Å². The Balaban J connectivity index is 2.78. The zero-order valence-electron chi connectivity index (χ0n) is 9.10. The van der Waals surface area contributed by atoms with Gasteiger partial charge in [-0.25, -0.2) is 0 Å². The van der Waals surface area contributed by atoms with Crippen LogP contribution >= 0.6 is 0 Å². The first-order chi connectivity index (χ1) is 8.40. The van der Waals surface area contributed by atoms with Gasteiger partial charge in [-0.05, 0) is 0 Å². The average Bonchev–Trinajstić information content (AvgIpc) is 2.20. The van der Waals surface area contributed by atoms with E-state index in [0.717, 1.165) is 0 Å². The Kier molecular flexibility index (Phi) is 3.63. The van der Waals surface area contributed by atoms with Crippen molar-refractivity contribution in [2.24, 2.45) is 0 Å². The van der Waals surface area contributed by atoms with E-state index in [1.165, 1.54) is 0 Å². The Morgan fingerprint density at radius 2 is 0.778 bits per heavy atom. The zero-order chi connectivity index (χ0) is 13.4. The number of benzene rings is 2. The fraction of sp³-hybridized carbons (Fsp3) is 0. The Morgan fingerprint density at radius 3 is 1.00 bits per heavy atom. The van der Waals surface area contributed by atoms with E-state index >= 15 is 0 Å². The molecule has 0 spiro atoms. The van der Waals surface area contributed by atoms with Crippen LogP contribution in [0.4, 0.5) is 11.4 Å². The molecular weight excluding hydrogens is 300 g/mol. The lowest BCUT2D eigenvalue weighted by atomic mass is 10.0. The highest BCUT2D eigenvalue weighted by Crippen LogP contribution is 2.36. The van der Waals surface area contributed by atoms with Gasteiger partial charge in [-0.2, -0.15) is 19.6 Å². The first-order valence-corrected chi connectivity index (χ1v) is 6.59. The highest BCUT2D eigenvalue weighted by Gasteiger charge is 2.01. The summed E-state index contributed by atoms with van der Waals surface area (Å²) in [6, 6.07) is 6.72. The van der Waals surface area contributed by atoms with E-state index in [4.69, 9.17) is 62.0 Å². The van der Waals surface area contributed by atoms with E-state index in [1.54, 1.807) is 24.3 Å². The minimum atomic E-state index is 0.543. The normalized spacial score (nSPS) is 10.4. The minimum Gasteiger partial charge on any atom is -0.779 e. The van der Waals surface area contributed by atoms with Crippen molar-refractivity contribution < 1.29 is 0 Å². The lowest BCUT2D eigenvalue weighted by molar-refractivity contribution is 1.25. The van der Waals surface area contributed by atoms with Gasteiger partial charge in [0.1, 0.15) is 0 Å². The van der Waals surface area contributed by atoms with E-state index in [0.29, 0.717) is 42.1 Å². The summed E-state index contributed by atoms with van der Waals surface area (Å²) in [5.74, 6) is 0. The molecule has 18 heavy (non-hydrogen) atoms. The maximum atomic E-state index is 5.70. The second-order valence-corrected chi connectivity index (χ2v) is 5.54. The fourth-order valence-corrected chi connectivity index (χ4v) is 3.23. The van der Waals surface area contributed by atoms with Gasteiger partial charge < -0.3 is 62.0 Å². The first kappa shape index (κ1) is 13.4. The number of hydrogen-bond donors (Lipinski definition) is 2. The third-order valence-corrected chi connectivity index (χ3v) is 3.71. The Hall–Kier alpha value is -1.08. The second kappa shape index (κ2) is 4.89. The van der Waals surface area contributed by atoms with Crippen LogP contribution in [0.2, 0.25) is 0 Å². The Morgan fingerprint density at radius 1 is 0.556 bits per heavy atom. The summed E-state index contributed by atoms with van der Waals surface area (Å²) in [5, 5.41) is 0. The van der Waals surface area contributed by atoms with Crippen molar-refractivity contribution in [3.05, 3.63) is 24.3 Å². The van der Waals surface area contributed by atoms with E-state index < -0.39 is 0 Å². The predicted molar refractivity (Wildman–Crippen MR) is 83.2 cm³/mol. The van der Waals surface area contributed by atoms with Crippen molar-refractivity contribution in [3.63, 3.8) is 0 Å². The third-order valence-electron chi connectivity index (χ3n) is 2.43. The molecule has 0 radical (unpaired) electrons. The van der Waals surface area contributed by atoms with Gasteiger partial charge in [0.15, 0.2) is 0 Å². The van der Waals surface area contributed by atoms with E-state index in [2.05, 4.69) is 0 Å². The monoisotopic (exact) mass is 308 g/mol. The molecule has 0 heterocycles. The second-order valence-electron chi connectivity index (χ2n) is 3.78. The minimum absolute atomic E-state index is 0.543. The standard InChI is InChI=1S/C12H12N2S4/c13-5-1-7(15)11(8(16)2-5)12-9(17)3-6(14)4-10(12)18/h1-4,15-18H,13-14H2/p-4. The van der Waals surface area contributed by atoms with Gasteiger partial charge in [-0.15, -0.1) is 0 Å². The summed E-state index contributed by atoms with van der Waals surface area (Å²) in [7, 11) is 0. The molecule has 0 atom stereocenters. The molecule has 2 nitrogen and oxygen atoms in total. The summed E-state index contributed by atoms with van der Waals surface area (Å²) < 4.78 is 0. The van der Waals surface area contributed by atoms with E-state index in [1.807, 2.05) is 0 Å². The molecule has 94 valence electrons. The van der Waals surface area contributed by atoms with Crippen LogP contribution in [-0.4, -0.2) is 0 Å². The molecule has 0 aliphatic heterocycles. The highest BCUT2D eigenvalue weighted by molar-refractivity contribution is 7.61. The SMILES string of the molecule is Nc1cc([S-])c(-c2c([S-])cc(N)cc2[S-])c([S-])c1. The maximum Gasteiger partial charge on any atom is 0.0284 e. The predicted octanol–water partition coefficient (Wildman–Crippen LogP) is 2.14. The summed E-state index contributed by atoms with van der Waals surface area (Å²) in [6.07, 6.45) is 0. The van der Waals surface area contributed by atoms with Crippen LogP contribution in [0.1, 0.15) is 0 Å². The van der Waals surface area contributed by atoms with Crippen molar-refractivity contribution in [3.8, 4) is 11.1 Å². The van der Waals surface area contributed by atoms with Gasteiger partial charge in [0.05, 0.1) is 0 Å². The van der Waals surface area contributed by atoms with Crippen LogP contribution in [0.5, 0.6) is 0 Å². The van der Waals surface area contributed by atoms with Gasteiger partial charge >= 0.3 is 0 Å². The molecule has 2 rings (SSSR count). The Labute approximate surface area is 128 Å². The molecule has 4 N–H and O–H groups in total. The van der Waals surface area contributed by atoms with E-state index in [-0.39, 0.29) is 0 Å². The van der Waals surface area contributed by atoms with Gasteiger partial charge in [0.25, 0.3) is 0 Å². The van der Waals surface area contributed by atoms with Crippen molar-refractivity contribution in [2.75, 3.05) is 11.5 Å². The third kappa shape index (κ3) is 2.37. The van der Waals surface area contributed by atoms with Gasteiger partial charge in [-0.3, -0.25) is 0 Å². The average molecular weight is 308 g/mol. The molecule has 2 aromatic rings. The lowest BCUT2D eigenvalue weighted by Crippen LogP contribution is -1.97. The number of nitrogen functional groups attached to an aromatic ring is 2. The quantitative estimate of drug-likeness (QED) is 0.622. The molecule has 0 aromatic heterocycles. The topological polar surface area (TPSA) is 52.0 Å². The molecule has 0 saturated carbocycles. The molecule has 0 amide bonds. The molecule has 0 saturated heterocycles. The number of rotatable bonds is 1. The first-order valence-electron chi connectivity index (χ1n) is 4.95.